The number of alkyl halides is 3. The van der Waals surface area contributed by atoms with Gasteiger partial charge in [0.15, 0.2) is 5.82 Å². The molecule has 1 aromatic heterocycles. The van der Waals surface area contributed by atoms with Crippen LogP contribution in [0.3, 0.4) is 0 Å². The lowest BCUT2D eigenvalue weighted by Gasteiger charge is -2.09. The van der Waals surface area contributed by atoms with Gasteiger partial charge in [-0.15, -0.1) is 18.3 Å². The van der Waals surface area contributed by atoms with Crippen LogP contribution < -0.4 is 15.4 Å². The second kappa shape index (κ2) is 12.0. The van der Waals surface area contributed by atoms with Crippen LogP contribution in [0.4, 0.5) is 18.9 Å². The third kappa shape index (κ3) is 8.13. The van der Waals surface area contributed by atoms with Crippen LogP contribution in [0.25, 0.3) is 17.1 Å². The van der Waals surface area contributed by atoms with E-state index in [-0.39, 0.29) is 5.75 Å². The van der Waals surface area contributed by atoms with Crippen molar-refractivity contribution in [2.24, 2.45) is 0 Å². The predicted octanol–water partition coefficient (Wildman–Crippen LogP) is 5.46. The fraction of sp³-hybridized carbons (Fsp3) is 0.125. The Morgan fingerprint density at radius 1 is 1.06 bits per heavy atom. The predicted molar refractivity (Wildman–Crippen MR) is 127 cm³/mol. The van der Waals surface area contributed by atoms with E-state index in [4.69, 9.17) is 11.6 Å². The van der Waals surface area contributed by atoms with E-state index in [0.717, 1.165) is 17.7 Å². The lowest BCUT2D eigenvalue weighted by molar-refractivity contribution is -0.274. The van der Waals surface area contributed by atoms with Crippen molar-refractivity contribution >= 4 is 23.7 Å². The maximum atomic E-state index is 12.2. The van der Waals surface area contributed by atoms with Crippen molar-refractivity contribution in [1.29, 1.82) is 0 Å². The number of carbonyl (C=O) groups excluding carboxylic acids is 1. The SMILES string of the molecule is CNCc1ccc(-c2ncn(-c3ccc(OC(F)(F)F)cc3)n2)cc1.O=CNc1cccc(Cl)c1. The number of nitrogens with one attached hydrogen (secondary N) is 2. The van der Waals surface area contributed by atoms with Crippen LogP contribution in [0.5, 0.6) is 5.75 Å². The minimum absolute atomic E-state index is 0.281. The van der Waals surface area contributed by atoms with E-state index < -0.39 is 6.36 Å². The quantitative estimate of drug-likeness (QED) is 0.327. The molecule has 7 nitrogen and oxygen atoms in total. The summed E-state index contributed by atoms with van der Waals surface area (Å²) in [5.74, 6) is 0.253. The Balaban J connectivity index is 0.000000287. The van der Waals surface area contributed by atoms with Crippen molar-refractivity contribution in [3.63, 3.8) is 0 Å². The van der Waals surface area contributed by atoms with Gasteiger partial charge >= 0.3 is 6.36 Å². The van der Waals surface area contributed by atoms with Gasteiger partial charge in [0.2, 0.25) is 6.41 Å². The number of hydrogen-bond donors (Lipinski definition) is 2. The van der Waals surface area contributed by atoms with E-state index in [1.807, 2.05) is 31.3 Å². The molecule has 35 heavy (non-hydrogen) atoms. The minimum atomic E-state index is -4.71. The topological polar surface area (TPSA) is 81.1 Å². The summed E-state index contributed by atoms with van der Waals surface area (Å²) in [4.78, 5) is 14.2. The van der Waals surface area contributed by atoms with E-state index in [0.29, 0.717) is 28.6 Å². The number of rotatable bonds is 7. The highest BCUT2D eigenvalue weighted by Crippen LogP contribution is 2.24. The molecule has 182 valence electrons. The third-order valence-electron chi connectivity index (χ3n) is 4.47. The molecular formula is C24H21ClF3N5O2. The normalized spacial score (nSPS) is 10.8. The molecular weight excluding hydrogens is 483 g/mol. The maximum absolute atomic E-state index is 12.2. The highest BCUT2D eigenvalue weighted by molar-refractivity contribution is 6.30. The second-order valence-electron chi connectivity index (χ2n) is 7.05. The summed E-state index contributed by atoms with van der Waals surface area (Å²) in [5, 5.41) is 10.5. The zero-order chi connectivity index (χ0) is 25.3. The van der Waals surface area contributed by atoms with Crippen LogP contribution in [-0.2, 0) is 11.3 Å². The first kappa shape index (κ1) is 25.7. The molecule has 0 aliphatic heterocycles. The molecule has 3 aromatic carbocycles. The van der Waals surface area contributed by atoms with E-state index in [2.05, 4.69) is 25.5 Å². The summed E-state index contributed by atoms with van der Waals surface area (Å²) in [6.07, 6.45) is -2.58. The molecule has 0 atom stereocenters. The number of halogens is 4. The molecule has 1 amide bonds. The van der Waals surface area contributed by atoms with Crippen molar-refractivity contribution in [3.8, 4) is 22.8 Å². The van der Waals surface area contributed by atoms with Crippen molar-refractivity contribution in [1.82, 2.24) is 20.1 Å². The average Bonchev–Trinajstić information content (AvgIpc) is 3.30. The molecule has 0 saturated carbocycles. The molecule has 2 N–H and O–H groups in total. The lowest BCUT2D eigenvalue weighted by atomic mass is 10.1. The molecule has 0 saturated heterocycles. The van der Waals surface area contributed by atoms with Gasteiger partial charge in [0.05, 0.1) is 5.69 Å². The Morgan fingerprint density at radius 3 is 2.37 bits per heavy atom. The molecule has 0 radical (unpaired) electrons. The summed E-state index contributed by atoms with van der Waals surface area (Å²) >= 11 is 5.62. The summed E-state index contributed by atoms with van der Waals surface area (Å²) in [6, 6.07) is 20.2. The van der Waals surface area contributed by atoms with E-state index in [9.17, 15) is 18.0 Å². The van der Waals surface area contributed by atoms with Crippen LogP contribution in [0.2, 0.25) is 5.02 Å². The van der Waals surface area contributed by atoms with E-state index >= 15 is 0 Å². The Kier molecular flexibility index (Phi) is 8.82. The van der Waals surface area contributed by atoms with Gasteiger partial charge in [-0.1, -0.05) is 41.9 Å². The van der Waals surface area contributed by atoms with Crippen LogP contribution in [0, 0.1) is 0 Å². The standard InChI is InChI=1S/C17H15F3N4O.C7H6ClNO/c1-21-10-12-2-4-13(5-3-12)16-22-11-24(23-16)14-6-8-15(9-7-14)25-17(18,19)20;8-6-2-1-3-7(4-6)9-5-10/h2-9,11,21H,10H2,1H3;1-5H,(H,9,10). The van der Waals surface area contributed by atoms with Crippen LogP contribution in [0.1, 0.15) is 5.56 Å². The molecule has 0 aliphatic carbocycles. The fourth-order valence-corrected chi connectivity index (χ4v) is 3.13. The van der Waals surface area contributed by atoms with Crippen molar-refractivity contribution in [3.05, 3.63) is 89.7 Å². The summed E-state index contributed by atoms with van der Waals surface area (Å²) in [5.41, 5.74) is 3.30. The van der Waals surface area contributed by atoms with Gasteiger partial charge in [0.25, 0.3) is 0 Å². The first-order valence-corrected chi connectivity index (χ1v) is 10.6. The molecule has 4 aromatic rings. The fourth-order valence-electron chi connectivity index (χ4n) is 2.94. The van der Waals surface area contributed by atoms with E-state index in [1.54, 1.807) is 24.3 Å². The Bertz CT molecular complexity index is 1230. The number of carbonyl (C=O) groups is 1. The highest BCUT2D eigenvalue weighted by Gasteiger charge is 2.31. The number of nitrogens with zero attached hydrogens (tertiary/aromatic N) is 3. The van der Waals surface area contributed by atoms with Gasteiger partial charge in [0, 0.05) is 22.8 Å². The van der Waals surface area contributed by atoms with Gasteiger partial charge in [-0.25, -0.2) is 9.67 Å². The molecule has 11 heteroatoms. The molecule has 0 aliphatic rings. The molecule has 1 heterocycles. The van der Waals surface area contributed by atoms with Gasteiger partial charge in [0.1, 0.15) is 12.1 Å². The van der Waals surface area contributed by atoms with Crippen molar-refractivity contribution < 1.29 is 22.7 Å². The Hall–Kier alpha value is -3.89. The largest absolute Gasteiger partial charge is 0.573 e. The van der Waals surface area contributed by atoms with Crippen molar-refractivity contribution in [2.75, 3.05) is 12.4 Å². The number of aromatic nitrogens is 3. The van der Waals surface area contributed by atoms with Gasteiger partial charge in [-0.3, -0.25) is 4.79 Å². The number of anilines is 1. The zero-order valence-electron chi connectivity index (χ0n) is 18.5. The average molecular weight is 504 g/mol. The van der Waals surface area contributed by atoms with Crippen LogP contribution in [-0.4, -0.2) is 34.6 Å². The number of benzene rings is 3. The van der Waals surface area contributed by atoms with Crippen LogP contribution in [0.15, 0.2) is 79.1 Å². The minimum Gasteiger partial charge on any atom is -0.406 e. The first-order chi connectivity index (χ1) is 16.8. The third-order valence-corrected chi connectivity index (χ3v) is 4.71. The second-order valence-corrected chi connectivity index (χ2v) is 7.49. The number of hydrogen-bond acceptors (Lipinski definition) is 5. The number of ether oxygens (including phenoxy) is 1. The smallest absolute Gasteiger partial charge is 0.406 e. The molecule has 0 unspecified atom stereocenters. The summed E-state index contributed by atoms with van der Waals surface area (Å²) < 4.78 is 41.9. The maximum Gasteiger partial charge on any atom is 0.573 e. The summed E-state index contributed by atoms with van der Waals surface area (Å²) in [6.45, 7) is 0.772. The monoisotopic (exact) mass is 503 g/mol. The molecule has 0 bridgehead atoms. The van der Waals surface area contributed by atoms with E-state index in [1.165, 1.54) is 35.3 Å². The lowest BCUT2D eigenvalue weighted by Crippen LogP contribution is -2.17. The first-order valence-electron chi connectivity index (χ1n) is 10.2. The summed E-state index contributed by atoms with van der Waals surface area (Å²) in [7, 11) is 1.88. The molecule has 0 spiro atoms. The van der Waals surface area contributed by atoms with Gasteiger partial charge < -0.3 is 15.4 Å². The highest BCUT2D eigenvalue weighted by atomic mass is 35.5. The van der Waals surface area contributed by atoms with Crippen LogP contribution >= 0.6 is 11.6 Å². The number of amides is 1. The zero-order valence-corrected chi connectivity index (χ0v) is 19.2. The Labute approximate surface area is 204 Å². The molecule has 0 fully saturated rings. The van der Waals surface area contributed by atoms with Gasteiger partial charge in [-0.2, -0.15) is 0 Å². The molecule has 4 rings (SSSR count). The van der Waals surface area contributed by atoms with Crippen molar-refractivity contribution in [2.45, 2.75) is 12.9 Å². The Morgan fingerprint density at radius 2 is 1.77 bits per heavy atom. The van der Waals surface area contributed by atoms with Gasteiger partial charge in [-0.05, 0) is 55.1 Å².